The van der Waals surface area contributed by atoms with Crippen LogP contribution in [0.4, 0.5) is 15.7 Å². The standard InChI is InChI=1S/C31H33N6O4PS2/c1-18-26-25(9-12-32-28(26)41-36-18)44-22-15-24(39-20-5-7-21(42)8-6-20)27(33-16-22)35-29-34-23(17-43-29)19-10-13-37(14-11-19)30(38)40-31(2,3)4/h5-9,12,15-17,19H,10-11,13-14,42H2,1-4H3,(H,33,34,35). The first-order chi connectivity index (χ1) is 21.1. The predicted octanol–water partition coefficient (Wildman–Crippen LogP) is 7.68. The molecule has 44 heavy (non-hydrogen) atoms. The van der Waals surface area contributed by atoms with Gasteiger partial charge < -0.3 is 24.2 Å². The number of hydrogen-bond acceptors (Lipinski definition) is 11. The van der Waals surface area contributed by atoms with Gasteiger partial charge in [0.2, 0.25) is 0 Å². The van der Waals surface area contributed by atoms with Crippen molar-refractivity contribution in [1.29, 1.82) is 0 Å². The third-order valence-corrected chi connectivity index (χ3v) is 9.16. The second kappa shape index (κ2) is 12.7. The minimum atomic E-state index is -0.503. The lowest BCUT2D eigenvalue weighted by molar-refractivity contribution is 0.0204. The Hall–Kier alpha value is -3.73. The molecule has 5 aromatic rings. The number of fused-ring (bicyclic) bond motifs is 1. The topological polar surface area (TPSA) is 116 Å². The average molecular weight is 649 g/mol. The molecule has 0 radical (unpaired) electrons. The van der Waals surface area contributed by atoms with Crippen molar-refractivity contribution in [1.82, 2.24) is 25.0 Å². The molecule has 1 atom stereocenters. The fourth-order valence-electron chi connectivity index (χ4n) is 4.83. The molecule has 0 aliphatic carbocycles. The zero-order valence-electron chi connectivity index (χ0n) is 24.9. The first-order valence-electron chi connectivity index (χ1n) is 14.2. The molecule has 1 fully saturated rings. The van der Waals surface area contributed by atoms with E-state index in [9.17, 15) is 4.79 Å². The largest absolute Gasteiger partial charge is 0.453 e. The Labute approximate surface area is 266 Å². The number of carbonyl (C=O) groups excluding carboxylic acids is 1. The number of nitrogens with zero attached hydrogens (tertiary/aromatic N) is 5. The molecule has 0 saturated carbocycles. The van der Waals surface area contributed by atoms with Crippen molar-refractivity contribution in [3.05, 3.63) is 65.6 Å². The highest BCUT2D eigenvalue weighted by Gasteiger charge is 2.28. The van der Waals surface area contributed by atoms with Crippen LogP contribution in [-0.4, -0.2) is 49.8 Å². The number of hydrogen-bond donors (Lipinski definition) is 1. The van der Waals surface area contributed by atoms with Crippen molar-refractivity contribution in [2.24, 2.45) is 0 Å². The molecule has 6 rings (SSSR count). The van der Waals surface area contributed by atoms with Crippen molar-refractivity contribution < 1.29 is 18.8 Å². The van der Waals surface area contributed by atoms with Crippen LogP contribution in [-0.2, 0) is 4.74 Å². The molecule has 1 amide bonds. The molecule has 1 saturated heterocycles. The molecule has 13 heteroatoms. The number of likely N-dealkylation sites (tertiary alicyclic amines) is 1. The van der Waals surface area contributed by atoms with E-state index in [2.05, 4.69) is 30.1 Å². The molecule has 1 aliphatic rings. The lowest BCUT2D eigenvalue weighted by Crippen LogP contribution is -2.41. The van der Waals surface area contributed by atoms with Crippen LogP contribution in [0.15, 0.2) is 68.5 Å². The van der Waals surface area contributed by atoms with Crippen LogP contribution in [0.3, 0.4) is 0 Å². The summed E-state index contributed by atoms with van der Waals surface area (Å²) in [4.78, 5) is 30.0. The first kappa shape index (κ1) is 30.3. The second-order valence-corrected chi connectivity index (χ2v) is 14.1. The van der Waals surface area contributed by atoms with Crippen molar-refractivity contribution in [3.63, 3.8) is 0 Å². The van der Waals surface area contributed by atoms with Crippen molar-refractivity contribution in [2.45, 2.75) is 61.8 Å². The van der Waals surface area contributed by atoms with Gasteiger partial charge in [0.15, 0.2) is 16.7 Å². The van der Waals surface area contributed by atoms with Gasteiger partial charge in [0.1, 0.15) is 11.4 Å². The number of amides is 1. The van der Waals surface area contributed by atoms with Gasteiger partial charge in [-0.05, 0) is 64.0 Å². The number of anilines is 2. The van der Waals surface area contributed by atoms with Gasteiger partial charge in [-0.3, -0.25) is 0 Å². The van der Waals surface area contributed by atoms with Crippen LogP contribution < -0.4 is 15.4 Å². The number of nitrogens with one attached hydrogen (secondary N) is 1. The highest BCUT2D eigenvalue weighted by molar-refractivity contribution is 7.99. The Morgan fingerprint density at radius 1 is 1.16 bits per heavy atom. The Balaban J connectivity index is 1.20. The van der Waals surface area contributed by atoms with Crippen molar-refractivity contribution >= 4 is 65.8 Å². The molecule has 228 valence electrons. The second-order valence-electron chi connectivity index (χ2n) is 11.5. The summed E-state index contributed by atoms with van der Waals surface area (Å²) >= 11 is 3.07. The smallest absolute Gasteiger partial charge is 0.410 e. The van der Waals surface area contributed by atoms with Gasteiger partial charge in [-0.25, -0.2) is 19.7 Å². The molecule has 1 aliphatic heterocycles. The predicted molar refractivity (Wildman–Crippen MR) is 176 cm³/mol. The number of aryl methyl sites for hydroxylation is 1. The lowest BCUT2D eigenvalue weighted by Gasteiger charge is -2.32. The first-order valence-corrected chi connectivity index (χ1v) is 16.5. The Morgan fingerprint density at radius 3 is 2.68 bits per heavy atom. The van der Waals surface area contributed by atoms with Crippen LogP contribution in [0.25, 0.3) is 11.1 Å². The summed E-state index contributed by atoms with van der Waals surface area (Å²) < 4.78 is 17.2. The molecule has 5 heterocycles. The van der Waals surface area contributed by atoms with E-state index in [-0.39, 0.29) is 12.0 Å². The van der Waals surface area contributed by atoms with Crippen LogP contribution in [0.1, 0.15) is 50.9 Å². The molecular weight excluding hydrogens is 615 g/mol. The van der Waals surface area contributed by atoms with E-state index >= 15 is 0 Å². The third kappa shape index (κ3) is 7.14. The molecule has 4 aromatic heterocycles. The number of carbonyl (C=O) groups is 1. The van der Waals surface area contributed by atoms with Crippen molar-refractivity contribution in [3.8, 4) is 11.5 Å². The Bertz CT molecular complexity index is 1780. The van der Waals surface area contributed by atoms with E-state index in [1.54, 1.807) is 22.9 Å². The fraction of sp³-hybridized carbons (Fsp3) is 0.323. The summed E-state index contributed by atoms with van der Waals surface area (Å²) in [7, 11) is 2.68. The summed E-state index contributed by atoms with van der Waals surface area (Å²) in [5.74, 6) is 2.10. The number of pyridine rings is 2. The van der Waals surface area contributed by atoms with E-state index in [4.69, 9.17) is 24.0 Å². The summed E-state index contributed by atoms with van der Waals surface area (Å²) in [6.07, 6.45) is 4.93. The quantitative estimate of drug-likeness (QED) is 0.176. The van der Waals surface area contributed by atoms with E-state index < -0.39 is 5.60 Å². The SMILES string of the molecule is Cc1noc2nccc(Sc3cnc(Nc4nc(C5CCN(C(=O)OC(C)(C)C)CC5)cs4)c(Oc4ccc(P)cc4)c3)c12. The van der Waals surface area contributed by atoms with E-state index in [1.807, 2.05) is 70.3 Å². The van der Waals surface area contributed by atoms with Gasteiger partial charge in [-0.15, -0.1) is 20.6 Å². The van der Waals surface area contributed by atoms with Crippen LogP contribution in [0, 0.1) is 6.92 Å². The zero-order valence-corrected chi connectivity index (χ0v) is 27.7. The highest BCUT2D eigenvalue weighted by Crippen LogP contribution is 2.39. The monoisotopic (exact) mass is 648 g/mol. The molecule has 0 bridgehead atoms. The van der Waals surface area contributed by atoms with Gasteiger partial charge >= 0.3 is 6.09 Å². The van der Waals surface area contributed by atoms with Gasteiger partial charge in [-0.1, -0.05) is 29.1 Å². The Kier molecular flexibility index (Phi) is 8.75. The summed E-state index contributed by atoms with van der Waals surface area (Å²) in [5.41, 5.74) is 1.80. The van der Waals surface area contributed by atoms with Gasteiger partial charge in [-0.2, -0.15) is 0 Å². The van der Waals surface area contributed by atoms with Gasteiger partial charge in [0.05, 0.1) is 16.8 Å². The van der Waals surface area contributed by atoms with E-state index in [0.717, 1.165) is 49.8 Å². The van der Waals surface area contributed by atoms with Gasteiger partial charge in [0, 0.05) is 52.6 Å². The maximum absolute atomic E-state index is 12.5. The fourth-order valence-corrected chi connectivity index (χ4v) is 6.81. The number of benzene rings is 1. The van der Waals surface area contributed by atoms with Crippen LogP contribution in [0.2, 0.25) is 0 Å². The molecule has 1 unspecified atom stereocenters. The molecule has 10 nitrogen and oxygen atoms in total. The van der Waals surface area contributed by atoms with E-state index in [0.29, 0.717) is 36.1 Å². The lowest BCUT2D eigenvalue weighted by atomic mass is 9.94. The number of aromatic nitrogens is 4. The number of ether oxygens (including phenoxy) is 2. The van der Waals surface area contributed by atoms with Crippen LogP contribution in [0.5, 0.6) is 11.5 Å². The molecule has 1 N–H and O–H groups in total. The maximum Gasteiger partial charge on any atom is 0.410 e. The van der Waals surface area contributed by atoms with Crippen LogP contribution >= 0.6 is 32.3 Å². The minimum Gasteiger partial charge on any atom is -0.453 e. The molecule has 0 spiro atoms. The average Bonchev–Trinajstić information content (AvgIpc) is 3.62. The Morgan fingerprint density at radius 2 is 1.93 bits per heavy atom. The van der Waals surface area contributed by atoms with Crippen molar-refractivity contribution in [2.75, 3.05) is 18.4 Å². The molecule has 1 aromatic carbocycles. The minimum absolute atomic E-state index is 0.256. The number of thiazole rings is 1. The number of rotatable bonds is 7. The summed E-state index contributed by atoms with van der Waals surface area (Å²) in [5, 5.41) is 12.2. The third-order valence-electron chi connectivity index (χ3n) is 6.98. The van der Waals surface area contributed by atoms with E-state index in [1.165, 1.54) is 11.3 Å². The summed E-state index contributed by atoms with van der Waals surface area (Å²) in [6, 6.07) is 11.7. The highest BCUT2D eigenvalue weighted by atomic mass is 32.2. The zero-order chi connectivity index (χ0) is 30.8. The molecular formula is C31H33N6O4PS2. The summed E-state index contributed by atoms with van der Waals surface area (Å²) in [6.45, 7) is 8.85. The normalized spacial score (nSPS) is 14.2. The number of piperidine rings is 1. The van der Waals surface area contributed by atoms with Gasteiger partial charge in [0.25, 0.3) is 5.71 Å². The maximum atomic E-state index is 12.5.